The van der Waals surface area contributed by atoms with Gasteiger partial charge in [-0.2, -0.15) is 26.3 Å². The van der Waals surface area contributed by atoms with Crippen LogP contribution >= 0.6 is 0 Å². The molecule has 2 aromatic rings. The molecule has 1 amide bonds. The number of imidazole rings is 1. The SMILES string of the molecule is CC(C)(C)[S@@](=O)N[C@@H](CC(C)(C)C(F)(F)F)c1nc2ccc(C(NC(=O)CCC(F)(F)F)C3CC3)cc2n1COCC[Si](C)(C)C. The van der Waals surface area contributed by atoms with Gasteiger partial charge in [0, 0.05) is 21.1 Å². The third kappa shape index (κ3) is 11.0. The Morgan fingerprint density at radius 2 is 1.72 bits per heavy atom. The zero-order valence-electron chi connectivity index (χ0n) is 27.9. The van der Waals surface area contributed by atoms with Crippen LogP contribution in [0.5, 0.6) is 0 Å². The molecule has 1 aromatic heterocycles. The molecule has 0 saturated heterocycles. The Bertz CT molecular complexity index is 1380. The molecule has 46 heavy (non-hydrogen) atoms. The van der Waals surface area contributed by atoms with Gasteiger partial charge in [-0.3, -0.25) is 4.79 Å². The van der Waals surface area contributed by atoms with E-state index in [0.717, 1.165) is 32.7 Å². The molecular formula is C31H48F6N4O3SSi. The minimum absolute atomic E-state index is 0.0292. The fourth-order valence-corrected chi connectivity index (χ4v) is 6.37. The zero-order valence-corrected chi connectivity index (χ0v) is 29.7. The van der Waals surface area contributed by atoms with E-state index >= 15 is 0 Å². The molecule has 0 bridgehead atoms. The van der Waals surface area contributed by atoms with E-state index in [-0.39, 0.29) is 18.5 Å². The second-order valence-electron chi connectivity index (χ2n) is 15.1. The number of hydrogen-bond donors (Lipinski definition) is 2. The van der Waals surface area contributed by atoms with Crippen LogP contribution in [0.1, 0.15) is 90.2 Å². The van der Waals surface area contributed by atoms with Crippen LogP contribution < -0.4 is 10.0 Å². The maximum Gasteiger partial charge on any atom is 0.394 e. The molecule has 1 fully saturated rings. The number of carbonyl (C=O) groups excluding carboxylic acids is 1. The Hall–Kier alpha value is -1.97. The van der Waals surface area contributed by atoms with Gasteiger partial charge in [-0.15, -0.1) is 0 Å². The monoisotopic (exact) mass is 698 g/mol. The van der Waals surface area contributed by atoms with Crippen LogP contribution in [0.2, 0.25) is 25.7 Å². The summed E-state index contributed by atoms with van der Waals surface area (Å²) in [6.07, 6.45) is -9.77. The highest BCUT2D eigenvalue weighted by Crippen LogP contribution is 2.45. The first-order valence-electron chi connectivity index (χ1n) is 15.6. The topological polar surface area (TPSA) is 85.3 Å². The standard InChI is InChI=1S/C31H48F6N4O3SSi/c1-28(2,3)45(43)40-23(18-29(4,5)31(35,36)37)27-38-22-12-11-21(17-24(22)41(27)19-44-15-16-46(6,7)8)26(20-9-10-20)39-25(42)13-14-30(32,33)34/h11-12,17,20,23,26,40H,9-10,13-16,18-19H2,1-8H3,(H,39,42)/t23-,26?,45+/m0/s1. The molecule has 1 aliphatic rings. The van der Waals surface area contributed by atoms with Gasteiger partial charge in [0.25, 0.3) is 0 Å². The molecule has 2 N–H and O–H groups in total. The lowest BCUT2D eigenvalue weighted by molar-refractivity contribution is -0.215. The summed E-state index contributed by atoms with van der Waals surface area (Å²) in [7, 11) is -3.20. The van der Waals surface area contributed by atoms with Gasteiger partial charge in [0.2, 0.25) is 5.91 Å². The van der Waals surface area contributed by atoms with E-state index in [1.54, 1.807) is 43.5 Å². The normalized spacial score (nSPS) is 17.3. The number of nitrogens with zero attached hydrogens (tertiary/aromatic N) is 2. The molecule has 1 aromatic carbocycles. The highest BCUT2D eigenvalue weighted by Gasteiger charge is 2.49. The van der Waals surface area contributed by atoms with Crippen molar-refractivity contribution >= 4 is 36.0 Å². The van der Waals surface area contributed by atoms with Crippen molar-refractivity contribution < 1.29 is 40.1 Å². The number of hydrogen-bond acceptors (Lipinski definition) is 4. The fraction of sp³-hybridized carbons (Fsp3) is 0.742. The Kier molecular flexibility index (Phi) is 11.9. The quantitative estimate of drug-likeness (QED) is 0.111. The second-order valence-corrected chi connectivity index (χ2v) is 22.7. The summed E-state index contributed by atoms with van der Waals surface area (Å²) in [6.45, 7) is 14.3. The number of carbonyl (C=O) groups is 1. The van der Waals surface area contributed by atoms with Crippen LogP contribution in [0.25, 0.3) is 11.0 Å². The van der Waals surface area contributed by atoms with Crippen molar-refractivity contribution in [2.24, 2.45) is 11.3 Å². The Morgan fingerprint density at radius 3 is 2.24 bits per heavy atom. The van der Waals surface area contributed by atoms with Crippen LogP contribution in [0.15, 0.2) is 18.2 Å². The first-order chi connectivity index (χ1) is 20.9. The number of benzene rings is 1. The summed E-state index contributed by atoms with van der Waals surface area (Å²) < 4.78 is 104. The van der Waals surface area contributed by atoms with Crippen molar-refractivity contribution in [3.63, 3.8) is 0 Å². The molecule has 262 valence electrons. The smallest absolute Gasteiger partial charge is 0.361 e. The fourth-order valence-electron chi connectivity index (χ4n) is 4.81. The summed E-state index contributed by atoms with van der Waals surface area (Å²) >= 11 is 0. The van der Waals surface area contributed by atoms with Gasteiger partial charge < -0.3 is 14.6 Å². The lowest BCUT2D eigenvalue weighted by Crippen LogP contribution is -2.41. The van der Waals surface area contributed by atoms with Crippen molar-refractivity contribution in [3.05, 3.63) is 29.6 Å². The van der Waals surface area contributed by atoms with Gasteiger partial charge in [-0.05, 0) is 69.7 Å². The number of fused-ring (bicyclic) bond motifs is 1. The van der Waals surface area contributed by atoms with Crippen molar-refractivity contribution in [1.29, 1.82) is 0 Å². The van der Waals surface area contributed by atoms with E-state index < -0.39 is 78.8 Å². The molecule has 1 heterocycles. The molecule has 3 rings (SSSR count). The largest absolute Gasteiger partial charge is 0.394 e. The number of halogens is 6. The molecule has 1 unspecified atom stereocenters. The number of nitrogens with one attached hydrogen (secondary N) is 2. The van der Waals surface area contributed by atoms with E-state index in [2.05, 4.69) is 29.7 Å². The first-order valence-corrected chi connectivity index (χ1v) is 20.4. The van der Waals surface area contributed by atoms with Crippen LogP contribution in [-0.4, -0.2) is 51.4 Å². The first kappa shape index (κ1) is 38.5. The molecule has 0 radical (unpaired) electrons. The zero-order chi connectivity index (χ0) is 34.9. The van der Waals surface area contributed by atoms with Crippen LogP contribution in [-0.2, 0) is 27.2 Å². The minimum atomic E-state index is -4.55. The molecule has 1 aliphatic carbocycles. The van der Waals surface area contributed by atoms with Crippen molar-refractivity contribution in [2.45, 2.75) is 128 Å². The average molecular weight is 699 g/mol. The van der Waals surface area contributed by atoms with E-state index in [4.69, 9.17) is 9.72 Å². The van der Waals surface area contributed by atoms with Crippen LogP contribution in [0.3, 0.4) is 0 Å². The molecule has 0 spiro atoms. The lowest BCUT2D eigenvalue weighted by atomic mass is 9.85. The molecule has 7 nitrogen and oxygen atoms in total. The minimum Gasteiger partial charge on any atom is -0.361 e. The Labute approximate surface area is 271 Å². The molecule has 1 saturated carbocycles. The van der Waals surface area contributed by atoms with Gasteiger partial charge in [0.15, 0.2) is 0 Å². The third-order valence-corrected chi connectivity index (χ3v) is 11.3. The number of aromatic nitrogens is 2. The van der Waals surface area contributed by atoms with Crippen molar-refractivity contribution in [2.75, 3.05) is 6.61 Å². The average Bonchev–Trinajstić information content (AvgIpc) is 3.66. The summed E-state index contributed by atoms with van der Waals surface area (Å²) in [5.41, 5.74) is -0.502. The highest BCUT2D eigenvalue weighted by molar-refractivity contribution is 7.84. The van der Waals surface area contributed by atoms with Crippen molar-refractivity contribution in [1.82, 2.24) is 19.6 Å². The van der Waals surface area contributed by atoms with Gasteiger partial charge in [-0.1, -0.05) is 39.6 Å². The molecule has 3 atom stereocenters. The maximum absolute atomic E-state index is 14.1. The molecule has 0 aliphatic heterocycles. The summed E-state index contributed by atoms with van der Waals surface area (Å²) in [4.78, 5) is 17.2. The van der Waals surface area contributed by atoms with Crippen LogP contribution in [0.4, 0.5) is 26.3 Å². The van der Waals surface area contributed by atoms with Gasteiger partial charge >= 0.3 is 12.4 Å². The summed E-state index contributed by atoms with van der Waals surface area (Å²) in [5.74, 6) is -0.430. The predicted octanol–water partition coefficient (Wildman–Crippen LogP) is 8.33. The number of amides is 1. The number of alkyl halides is 6. The number of rotatable bonds is 15. The summed E-state index contributed by atoms with van der Waals surface area (Å²) in [5, 5.41) is 2.77. The van der Waals surface area contributed by atoms with Gasteiger partial charge in [0.1, 0.15) is 12.6 Å². The van der Waals surface area contributed by atoms with Gasteiger partial charge in [0.05, 0.1) is 50.7 Å². The van der Waals surface area contributed by atoms with E-state index in [1.807, 2.05) is 0 Å². The third-order valence-electron chi connectivity index (χ3n) is 8.02. The highest BCUT2D eigenvalue weighted by atomic mass is 32.2. The summed E-state index contributed by atoms with van der Waals surface area (Å²) in [6, 6.07) is 4.44. The molecular weight excluding hydrogens is 651 g/mol. The second kappa shape index (κ2) is 14.3. The van der Waals surface area contributed by atoms with Crippen LogP contribution in [0, 0.1) is 11.3 Å². The van der Waals surface area contributed by atoms with Crippen molar-refractivity contribution in [3.8, 4) is 0 Å². The number of ether oxygens (including phenoxy) is 1. The predicted molar refractivity (Wildman–Crippen MR) is 171 cm³/mol. The van der Waals surface area contributed by atoms with Gasteiger partial charge in [-0.25, -0.2) is 13.9 Å². The van der Waals surface area contributed by atoms with E-state index in [1.165, 1.54) is 0 Å². The lowest BCUT2D eigenvalue weighted by Gasteiger charge is -2.33. The molecule has 15 heteroatoms. The van der Waals surface area contributed by atoms with E-state index in [0.29, 0.717) is 23.2 Å². The van der Waals surface area contributed by atoms with E-state index in [9.17, 15) is 35.3 Å². The Morgan fingerprint density at radius 1 is 1.09 bits per heavy atom. The maximum atomic E-state index is 14.1. The Balaban J connectivity index is 2.09.